The van der Waals surface area contributed by atoms with E-state index in [9.17, 15) is 0 Å². The highest BCUT2D eigenvalue weighted by Gasteiger charge is 2.44. The Labute approximate surface area is 105 Å². The molecule has 0 saturated carbocycles. The van der Waals surface area contributed by atoms with Crippen molar-refractivity contribution in [3.05, 3.63) is 27.8 Å². The van der Waals surface area contributed by atoms with E-state index < -0.39 is 0 Å². The van der Waals surface area contributed by atoms with Gasteiger partial charge in [-0.3, -0.25) is 0 Å². The third kappa shape index (κ3) is 1.34. The van der Waals surface area contributed by atoms with Crippen molar-refractivity contribution in [2.24, 2.45) is 0 Å². The molecule has 1 aromatic carbocycles. The van der Waals surface area contributed by atoms with Crippen molar-refractivity contribution in [1.82, 2.24) is 0 Å². The molecule has 0 aliphatic carbocycles. The number of benzene rings is 1. The molecule has 1 heteroatoms. The topological polar surface area (TPSA) is 3.01 Å². The first-order valence-electron chi connectivity index (χ1n) is 6.39. The molecule has 0 radical (unpaired) electrons. The van der Waals surface area contributed by atoms with Gasteiger partial charge in [0.25, 0.3) is 0 Å². The summed E-state index contributed by atoms with van der Waals surface area (Å²) in [6.45, 7) is 16.0. The molecule has 1 aliphatic heterocycles. The fourth-order valence-corrected chi connectivity index (χ4v) is 3.24. The lowest BCUT2D eigenvalue weighted by Crippen LogP contribution is -2.26. The van der Waals surface area contributed by atoms with Crippen molar-refractivity contribution < 1.29 is 4.58 Å². The lowest BCUT2D eigenvalue weighted by Gasteiger charge is -2.20. The summed E-state index contributed by atoms with van der Waals surface area (Å²) in [5.74, 6) is 0. The first-order valence-corrected chi connectivity index (χ1v) is 6.39. The molecule has 0 unspecified atom stereocenters. The van der Waals surface area contributed by atoms with E-state index in [-0.39, 0.29) is 5.41 Å². The summed E-state index contributed by atoms with van der Waals surface area (Å²) in [5.41, 5.74) is 10.4. The molecule has 0 bridgehead atoms. The van der Waals surface area contributed by atoms with Crippen molar-refractivity contribution in [3.63, 3.8) is 0 Å². The van der Waals surface area contributed by atoms with E-state index in [1.165, 1.54) is 39.2 Å². The van der Waals surface area contributed by atoms with Gasteiger partial charge in [-0.25, -0.2) is 4.58 Å². The molecule has 0 aromatic heterocycles. The van der Waals surface area contributed by atoms with Gasteiger partial charge in [-0.15, -0.1) is 0 Å². The molecule has 0 saturated heterocycles. The van der Waals surface area contributed by atoms with Gasteiger partial charge in [-0.1, -0.05) is 0 Å². The van der Waals surface area contributed by atoms with E-state index in [0.29, 0.717) is 0 Å². The normalized spacial score (nSPS) is 17.6. The van der Waals surface area contributed by atoms with Crippen LogP contribution in [0.2, 0.25) is 0 Å². The van der Waals surface area contributed by atoms with Gasteiger partial charge in [-0.2, -0.15) is 0 Å². The first-order chi connectivity index (χ1) is 7.71. The second kappa shape index (κ2) is 3.44. The minimum Gasteiger partial charge on any atom is -0.202 e. The Hall–Kier alpha value is -1.11. The van der Waals surface area contributed by atoms with Crippen molar-refractivity contribution in [2.45, 2.75) is 53.9 Å². The Morgan fingerprint density at radius 3 is 1.76 bits per heavy atom. The predicted molar refractivity (Wildman–Crippen MR) is 74.9 cm³/mol. The lowest BCUT2D eigenvalue weighted by molar-refractivity contribution is -0.403. The molecule has 0 amide bonds. The molecule has 0 atom stereocenters. The standard InChI is InChI=1S/C16H24N/c1-9-10(2)12(4)15-14(11(9)3)16(6,7)13(5)17(15)8/h1-8H3/q+1. The smallest absolute Gasteiger partial charge is 0.202 e. The Kier molecular flexibility index (Phi) is 2.50. The maximum absolute atomic E-state index is 2.38. The van der Waals surface area contributed by atoms with Gasteiger partial charge in [0.15, 0.2) is 5.71 Å². The molecular formula is C16H24N+. The molecule has 92 valence electrons. The highest BCUT2D eigenvalue weighted by Crippen LogP contribution is 2.45. The van der Waals surface area contributed by atoms with Crippen LogP contribution in [-0.2, 0) is 5.41 Å². The van der Waals surface area contributed by atoms with Gasteiger partial charge in [0.05, 0.1) is 5.41 Å². The number of hydrogen-bond donors (Lipinski definition) is 0. The van der Waals surface area contributed by atoms with Gasteiger partial charge < -0.3 is 0 Å². The molecule has 1 aliphatic rings. The molecule has 1 nitrogen and oxygen atoms in total. The zero-order valence-corrected chi connectivity index (χ0v) is 12.4. The molecule has 0 spiro atoms. The monoisotopic (exact) mass is 230 g/mol. The van der Waals surface area contributed by atoms with E-state index in [4.69, 9.17) is 0 Å². The van der Waals surface area contributed by atoms with E-state index in [1.54, 1.807) is 0 Å². The summed E-state index contributed by atoms with van der Waals surface area (Å²) in [7, 11) is 2.20. The molecule has 1 heterocycles. The predicted octanol–water partition coefficient (Wildman–Crippen LogP) is 3.95. The summed E-state index contributed by atoms with van der Waals surface area (Å²) in [6, 6.07) is 0. The SMILES string of the molecule is CC1=[N+](C)c2c(C)c(C)c(C)c(C)c2C1(C)C. The first kappa shape index (κ1) is 12.3. The van der Waals surface area contributed by atoms with Crippen LogP contribution < -0.4 is 0 Å². The highest BCUT2D eigenvalue weighted by molar-refractivity contribution is 5.94. The number of rotatable bonds is 0. The molecule has 1 aromatic rings. The van der Waals surface area contributed by atoms with E-state index in [2.05, 4.69) is 60.1 Å². The molecule has 2 rings (SSSR count). The average molecular weight is 230 g/mol. The molecular weight excluding hydrogens is 206 g/mol. The Morgan fingerprint density at radius 2 is 1.24 bits per heavy atom. The summed E-state index contributed by atoms with van der Waals surface area (Å²) in [4.78, 5) is 0. The van der Waals surface area contributed by atoms with Crippen molar-refractivity contribution in [3.8, 4) is 0 Å². The fourth-order valence-electron chi connectivity index (χ4n) is 3.24. The summed E-state index contributed by atoms with van der Waals surface area (Å²) >= 11 is 0. The third-order valence-electron chi connectivity index (χ3n) is 5.02. The molecule has 17 heavy (non-hydrogen) atoms. The Balaban J connectivity index is 2.96. The zero-order chi connectivity index (χ0) is 13.1. The number of fused-ring (bicyclic) bond motifs is 1. The second-order valence-electron chi connectivity index (χ2n) is 5.99. The third-order valence-corrected chi connectivity index (χ3v) is 5.02. The minimum absolute atomic E-state index is 0.164. The van der Waals surface area contributed by atoms with Gasteiger partial charge in [0.2, 0.25) is 5.69 Å². The van der Waals surface area contributed by atoms with Gasteiger partial charge in [0, 0.05) is 18.1 Å². The maximum Gasteiger partial charge on any atom is 0.212 e. The van der Waals surface area contributed by atoms with Crippen LogP contribution >= 0.6 is 0 Å². The van der Waals surface area contributed by atoms with Crippen molar-refractivity contribution >= 4 is 11.4 Å². The zero-order valence-electron chi connectivity index (χ0n) is 12.4. The van der Waals surface area contributed by atoms with E-state index >= 15 is 0 Å². The van der Waals surface area contributed by atoms with Crippen LogP contribution in [0.4, 0.5) is 5.69 Å². The van der Waals surface area contributed by atoms with Crippen LogP contribution in [0.3, 0.4) is 0 Å². The summed E-state index contributed by atoms with van der Waals surface area (Å²) in [5, 5.41) is 0. The Bertz CT molecular complexity index is 545. The van der Waals surface area contributed by atoms with Crippen molar-refractivity contribution in [1.29, 1.82) is 0 Å². The second-order valence-corrected chi connectivity index (χ2v) is 5.99. The number of nitrogens with zero attached hydrogens (tertiary/aromatic N) is 1. The quantitative estimate of drug-likeness (QED) is 0.594. The van der Waals surface area contributed by atoms with E-state index in [1.807, 2.05) is 0 Å². The Morgan fingerprint density at radius 1 is 0.765 bits per heavy atom. The van der Waals surface area contributed by atoms with Gasteiger partial charge in [-0.05, 0) is 58.2 Å². The van der Waals surface area contributed by atoms with Crippen LogP contribution in [0.15, 0.2) is 0 Å². The van der Waals surface area contributed by atoms with Crippen LogP contribution in [0.5, 0.6) is 0 Å². The summed E-state index contributed by atoms with van der Waals surface area (Å²) < 4.78 is 2.38. The highest BCUT2D eigenvalue weighted by atomic mass is 15.0. The maximum atomic E-state index is 2.38. The van der Waals surface area contributed by atoms with E-state index in [0.717, 1.165) is 0 Å². The molecule has 0 N–H and O–H groups in total. The summed E-state index contributed by atoms with van der Waals surface area (Å²) in [6.07, 6.45) is 0. The van der Waals surface area contributed by atoms with Crippen LogP contribution in [0.25, 0.3) is 0 Å². The molecule has 0 fully saturated rings. The van der Waals surface area contributed by atoms with Crippen LogP contribution in [0, 0.1) is 27.7 Å². The average Bonchev–Trinajstić information content (AvgIpc) is 2.44. The minimum atomic E-state index is 0.164. The van der Waals surface area contributed by atoms with Gasteiger partial charge in [0.1, 0.15) is 7.05 Å². The fraction of sp³-hybridized carbons (Fsp3) is 0.562. The number of hydrogen-bond acceptors (Lipinski definition) is 0. The largest absolute Gasteiger partial charge is 0.212 e. The van der Waals surface area contributed by atoms with Crippen LogP contribution in [-0.4, -0.2) is 17.3 Å². The lowest BCUT2D eigenvalue weighted by atomic mass is 9.77. The van der Waals surface area contributed by atoms with Gasteiger partial charge >= 0.3 is 0 Å². The van der Waals surface area contributed by atoms with Crippen LogP contribution in [0.1, 0.15) is 48.6 Å². The van der Waals surface area contributed by atoms with Crippen molar-refractivity contribution in [2.75, 3.05) is 7.05 Å².